The Labute approximate surface area is 298 Å². The maximum Gasteiger partial charge on any atom is 0.169 e. The van der Waals surface area contributed by atoms with Gasteiger partial charge in [0.15, 0.2) is 5.79 Å². The van der Waals surface area contributed by atoms with Gasteiger partial charge in [-0.15, -0.1) is 13.2 Å². The highest BCUT2D eigenvalue weighted by atomic mass is 16.7. The lowest BCUT2D eigenvalue weighted by Crippen LogP contribution is -2.51. The molecular weight excluding hydrogens is 604 g/mol. The summed E-state index contributed by atoms with van der Waals surface area (Å²) in [6, 6.07) is 17.8. The summed E-state index contributed by atoms with van der Waals surface area (Å²) in [6.07, 6.45) is 9.96. The highest BCUT2D eigenvalue weighted by Gasteiger charge is 2.57. The van der Waals surface area contributed by atoms with Gasteiger partial charge in [-0.2, -0.15) is 0 Å². The third-order valence-corrected chi connectivity index (χ3v) is 11.9. The Balaban J connectivity index is 0.000000760. The van der Waals surface area contributed by atoms with Gasteiger partial charge in [0.05, 0.1) is 13.2 Å². The number of fused-ring (bicyclic) bond motifs is 4. The van der Waals surface area contributed by atoms with Crippen LogP contribution in [0.15, 0.2) is 72.8 Å². The highest BCUT2D eigenvalue weighted by Crippen LogP contribution is 2.66. The Bertz CT molecular complexity index is 1440. The van der Waals surface area contributed by atoms with Gasteiger partial charge in [-0.25, -0.2) is 0 Å². The first kappa shape index (κ1) is 40.2. The van der Waals surface area contributed by atoms with Crippen molar-refractivity contribution in [2.45, 2.75) is 112 Å². The molecule has 49 heavy (non-hydrogen) atoms. The van der Waals surface area contributed by atoms with Crippen LogP contribution in [0.2, 0.25) is 0 Å². The molecule has 6 atom stereocenters. The van der Waals surface area contributed by atoms with E-state index in [0.717, 1.165) is 61.4 Å². The van der Waals surface area contributed by atoms with Crippen LogP contribution in [0.3, 0.4) is 0 Å². The molecule has 3 saturated carbocycles. The second kappa shape index (κ2) is 17.6. The predicted octanol–water partition coefficient (Wildman–Crippen LogP) is 10.7. The van der Waals surface area contributed by atoms with E-state index in [1.807, 2.05) is 33.0 Å². The van der Waals surface area contributed by atoms with Gasteiger partial charge in [0.25, 0.3) is 0 Å². The van der Waals surface area contributed by atoms with Crippen molar-refractivity contribution in [3.63, 3.8) is 0 Å². The van der Waals surface area contributed by atoms with Crippen LogP contribution in [0.1, 0.15) is 121 Å². The van der Waals surface area contributed by atoms with Crippen molar-refractivity contribution in [3.8, 4) is 11.8 Å². The summed E-state index contributed by atoms with van der Waals surface area (Å²) in [7, 11) is 0. The molecule has 2 aromatic rings. The van der Waals surface area contributed by atoms with Gasteiger partial charge < -0.3 is 19.1 Å². The fraction of sp³-hybridized carbons (Fsp3) is 0.556. The number of hydrogen-bond donors (Lipinski definition) is 0. The molecule has 4 heteroatoms. The van der Waals surface area contributed by atoms with Crippen LogP contribution >= 0.6 is 0 Å². The largest absolute Gasteiger partial charge is 0.349 e. The average molecular weight is 667 g/mol. The number of benzene rings is 2. The summed E-state index contributed by atoms with van der Waals surface area (Å²) in [4.78, 5) is 16.0. The zero-order chi connectivity index (χ0) is 36.4. The summed E-state index contributed by atoms with van der Waals surface area (Å²) >= 11 is 0. The van der Waals surface area contributed by atoms with E-state index in [4.69, 9.17) is 19.1 Å². The van der Waals surface area contributed by atoms with E-state index in [1.165, 1.54) is 43.2 Å². The number of hydrogen-bond acceptors (Lipinski definition) is 4. The van der Waals surface area contributed by atoms with Gasteiger partial charge in [-0.1, -0.05) is 88.8 Å². The van der Waals surface area contributed by atoms with Crippen LogP contribution in [-0.2, 0) is 19.1 Å². The molecule has 0 amide bonds. The molecule has 0 radical (unpaired) electrons. The summed E-state index contributed by atoms with van der Waals surface area (Å²) in [5, 5.41) is 0. The van der Waals surface area contributed by atoms with E-state index in [0.29, 0.717) is 17.3 Å². The van der Waals surface area contributed by atoms with Crippen LogP contribution in [-0.4, -0.2) is 32.6 Å². The third-order valence-electron chi connectivity index (χ3n) is 11.9. The van der Waals surface area contributed by atoms with Crippen molar-refractivity contribution < 1.29 is 19.1 Å². The predicted molar refractivity (Wildman–Crippen MR) is 203 cm³/mol. The highest BCUT2D eigenvalue weighted by molar-refractivity contribution is 5.47. The molecule has 4 aliphatic carbocycles. The lowest BCUT2D eigenvalue weighted by Gasteiger charge is -2.55. The smallest absolute Gasteiger partial charge is 0.169 e. The van der Waals surface area contributed by atoms with E-state index in [9.17, 15) is 0 Å². The number of aryl methyl sites for hydroxylation is 1. The molecule has 7 rings (SSSR count). The van der Waals surface area contributed by atoms with Crippen LogP contribution in [0, 0.1) is 53.3 Å². The summed E-state index contributed by atoms with van der Waals surface area (Å²) in [6.45, 7) is 27.4. The van der Waals surface area contributed by atoms with Crippen molar-refractivity contribution >= 4 is 13.6 Å². The molecule has 1 saturated heterocycles. The summed E-state index contributed by atoms with van der Waals surface area (Å²) in [5.41, 5.74) is 9.14. The summed E-state index contributed by atoms with van der Waals surface area (Å²) < 4.78 is 13.1. The van der Waals surface area contributed by atoms with E-state index >= 15 is 0 Å². The normalized spacial score (nSPS) is 29.8. The first-order valence-corrected chi connectivity index (χ1v) is 18.4. The van der Waals surface area contributed by atoms with Gasteiger partial charge in [0, 0.05) is 35.3 Å². The van der Waals surface area contributed by atoms with E-state index in [2.05, 4.69) is 108 Å². The molecule has 0 bridgehead atoms. The quantitative estimate of drug-likeness (QED) is 0.225. The minimum atomic E-state index is -0.352. The van der Waals surface area contributed by atoms with E-state index in [1.54, 1.807) is 5.57 Å². The average Bonchev–Trinajstić information content (AvgIpc) is 3.45. The molecule has 5 aliphatic rings. The molecular formula is C45H62O4. The topological polar surface area (TPSA) is 52.6 Å². The monoisotopic (exact) mass is 666 g/mol. The number of ether oxygens (including phenoxy) is 2. The Morgan fingerprint density at radius 2 is 1.43 bits per heavy atom. The Morgan fingerprint density at radius 3 is 2.06 bits per heavy atom. The van der Waals surface area contributed by atoms with Crippen molar-refractivity contribution in [2.24, 2.45) is 34.5 Å². The second-order valence-corrected chi connectivity index (χ2v) is 15.3. The van der Waals surface area contributed by atoms with Crippen molar-refractivity contribution in [1.82, 2.24) is 0 Å². The standard InChI is InChI=1S/C39H48O2.C2H6.C2H4.2CH2O/c1-26-7-6-8-29(21-26)11-10-28-12-14-30(15-13-28)34-23-38(5)27(2)9-18-35(38)33-17-16-31-22-39(20-19-32(31)36(33)34)40-24-37(3,4)25-41-39;4*1-2/h6-8,12-15,21,27,31,33-35H,9,16-20,22-25H2,1-5H3;1-2H3;1-2H2;2*1H2. The molecule has 1 aliphatic heterocycles. The van der Waals surface area contributed by atoms with Crippen molar-refractivity contribution in [3.05, 3.63) is 95.1 Å². The van der Waals surface area contributed by atoms with Gasteiger partial charge in [-0.3, -0.25) is 0 Å². The van der Waals surface area contributed by atoms with Crippen molar-refractivity contribution in [2.75, 3.05) is 13.2 Å². The molecule has 0 aromatic heterocycles. The molecule has 4 fully saturated rings. The molecule has 2 aromatic carbocycles. The van der Waals surface area contributed by atoms with Crippen LogP contribution < -0.4 is 0 Å². The minimum absolute atomic E-state index is 0.121. The second-order valence-electron chi connectivity index (χ2n) is 15.3. The minimum Gasteiger partial charge on any atom is -0.349 e. The molecule has 6 unspecified atom stereocenters. The van der Waals surface area contributed by atoms with Gasteiger partial charge in [0.2, 0.25) is 0 Å². The first-order chi connectivity index (χ1) is 23.6. The lowest BCUT2D eigenvalue weighted by molar-refractivity contribution is -0.312. The Hall–Kier alpha value is -3.26. The van der Waals surface area contributed by atoms with Crippen LogP contribution in [0.5, 0.6) is 0 Å². The van der Waals surface area contributed by atoms with Gasteiger partial charge >= 0.3 is 0 Å². The van der Waals surface area contributed by atoms with Crippen LogP contribution in [0.4, 0.5) is 0 Å². The molecule has 4 nitrogen and oxygen atoms in total. The Morgan fingerprint density at radius 1 is 0.796 bits per heavy atom. The van der Waals surface area contributed by atoms with Crippen LogP contribution in [0.25, 0.3) is 0 Å². The molecule has 1 heterocycles. The molecule has 266 valence electrons. The number of carbonyl (C=O) groups is 2. The number of carbonyl (C=O) groups excluding carboxylic acids is 2. The van der Waals surface area contributed by atoms with E-state index in [-0.39, 0.29) is 11.2 Å². The first-order valence-electron chi connectivity index (χ1n) is 18.4. The molecule has 0 N–H and O–H groups in total. The lowest BCUT2D eigenvalue weighted by atomic mass is 9.51. The van der Waals surface area contributed by atoms with Gasteiger partial charge in [-0.05, 0) is 110 Å². The zero-order valence-electron chi connectivity index (χ0n) is 31.5. The van der Waals surface area contributed by atoms with E-state index < -0.39 is 0 Å². The Kier molecular flexibility index (Phi) is 14.4. The summed E-state index contributed by atoms with van der Waals surface area (Å²) in [5.74, 6) is 9.98. The van der Waals surface area contributed by atoms with Crippen molar-refractivity contribution in [1.29, 1.82) is 0 Å². The SMILES string of the molecule is C=C.C=O.C=O.CC.Cc1cccc(C#Cc2ccc(C3CC4(C)C(C)CCC4C4CCC5CC6(CCC5=C34)OCC(C)(C)CO6)cc2)c1. The fourth-order valence-corrected chi connectivity index (χ4v) is 9.44. The van der Waals surface area contributed by atoms with Gasteiger partial charge in [0.1, 0.15) is 13.6 Å². The molecule has 1 spiro atoms. The number of rotatable bonds is 1. The zero-order valence-corrected chi connectivity index (χ0v) is 31.5. The maximum absolute atomic E-state index is 8.00. The number of allylic oxidation sites excluding steroid dienone is 2. The maximum atomic E-state index is 8.00. The third kappa shape index (κ3) is 8.56. The fourth-order valence-electron chi connectivity index (χ4n) is 9.44.